The average Bonchev–Trinajstić information content (AvgIpc) is 2.74. The molecule has 10 nitrogen and oxygen atoms in total. The van der Waals surface area contributed by atoms with Crippen molar-refractivity contribution in [2.75, 3.05) is 0 Å². The molecule has 0 aliphatic rings. The summed E-state index contributed by atoms with van der Waals surface area (Å²) in [5, 5.41) is 13.3. The predicted octanol–water partition coefficient (Wildman–Crippen LogP) is 2.31. The Morgan fingerprint density at radius 1 is 1.03 bits per heavy atom. The Kier molecular flexibility index (Phi) is 7.86. The van der Waals surface area contributed by atoms with Gasteiger partial charge in [0.15, 0.2) is 0 Å². The zero-order valence-electron chi connectivity index (χ0n) is 16.5. The van der Waals surface area contributed by atoms with Gasteiger partial charge in [0, 0.05) is 17.7 Å². The molecule has 3 amide bonds. The maximum Gasteiger partial charge on any atom is 0.408 e. The fourth-order valence-corrected chi connectivity index (χ4v) is 2.46. The Morgan fingerprint density at radius 3 is 2.37 bits per heavy atom. The van der Waals surface area contributed by atoms with Crippen molar-refractivity contribution in [3.63, 3.8) is 0 Å². The van der Waals surface area contributed by atoms with E-state index in [0.717, 1.165) is 11.6 Å². The zero-order valence-corrected chi connectivity index (χ0v) is 16.5. The lowest BCUT2D eigenvalue weighted by molar-refractivity contribution is -0.384. The number of hydrogen-bond acceptors (Lipinski definition) is 6. The van der Waals surface area contributed by atoms with Gasteiger partial charge >= 0.3 is 6.09 Å². The SMILES string of the molecule is CC(C)[C@H](NC(=O)OCc1ccccc1)C(=O)NNC(=O)c1cccc([N+](=O)[O-])c1. The molecule has 0 aromatic heterocycles. The Hall–Kier alpha value is -3.95. The summed E-state index contributed by atoms with van der Waals surface area (Å²) < 4.78 is 5.11. The van der Waals surface area contributed by atoms with Crippen LogP contribution in [0.2, 0.25) is 0 Å². The summed E-state index contributed by atoms with van der Waals surface area (Å²) in [6.45, 7) is 3.47. The van der Waals surface area contributed by atoms with Gasteiger partial charge in [0.1, 0.15) is 12.6 Å². The van der Waals surface area contributed by atoms with Crippen LogP contribution in [0.25, 0.3) is 0 Å². The van der Waals surface area contributed by atoms with E-state index in [0.29, 0.717) is 0 Å². The molecule has 0 unspecified atom stereocenters. The van der Waals surface area contributed by atoms with Crippen molar-refractivity contribution in [2.24, 2.45) is 5.92 Å². The molecule has 0 aliphatic carbocycles. The number of amides is 3. The quantitative estimate of drug-likeness (QED) is 0.469. The molecule has 0 aliphatic heterocycles. The van der Waals surface area contributed by atoms with Crippen LogP contribution in [0.4, 0.5) is 10.5 Å². The number of nitrogens with one attached hydrogen (secondary N) is 3. The molecule has 2 rings (SSSR count). The fraction of sp³-hybridized carbons (Fsp3) is 0.250. The minimum atomic E-state index is -0.973. The second-order valence-electron chi connectivity index (χ2n) is 6.68. The number of carbonyl (C=O) groups excluding carboxylic acids is 3. The first-order valence-electron chi connectivity index (χ1n) is 9.09. The van der Waals surface area contributed by atoms with E-state index in [9.17, 15) is 24.5 Å². The molecular weight excluding hydrogens is 392 g/mol. The number of nitro benzene ring substituents is 1. The first kappa shape index (κ1) is 22.3. The highest BCUT2D eigenvalue weighted by Crippen LogP contribution is 2.12. The number of nitro groups is 1. The van der Waals surface area contributed by atoms with E-state index in [1.54, 1.807) is 26.0 Å². The van der Waals surface area contributed by atoms with Crippen molar-refractivity contribution < 1.29 is 24.0 Å². The molecule has 0 saturated heterocycles. The van der Waals surface area contributed by atoms with E-state index in [1.165, 1.54) is 18.2 Å². The minimum Gasteiger partial charge on any atom is -0.445 e. The van der Waals surface area contributed by atoms with Crippen LogP contribution in [0, 0.1) is 16.0 Å². The number of hydrazine groups is 1. The molecule has 10 heteroatoms. The zero-order chi connectivity index (χ0) is 22.1. The summed E-state index contributed by atoms with van der Waals surface area (Å²) in [4.78, 5) is 46.7. The second kappa shape index (κ2) is 10.6. The van der Waals surface area contributed by atoms with Crippen molar-refractivity contribution in [3.8, 4) is 0 Å². The first-order valence-corrected chi connectivity index (χ1v) is 9.09. The molecule has 158 valence electrons. The van der Waals surface area contributed by atoms with Crippen molar-refractivity contribution in [1.29, 1.82) is 0 Å². The molecule has 3 N–H and O–H groups in total. The summed E-state index contributed by atoms with van der Waals surface area (Å²) in [7, 11) is 0. The normalized spacial score (nSPS) is 11.3. The van der Waals surface area contributed by atoms with Gasteiger partial charge in [0.25, 0.3) is 17.5 Å². The summed E-state index contributed by atoms with van der Waals surface area (Å²) in [6.07, 6.45) is -0.780. The lowest BCUT2D eigenvalue weighted by Gasteiger charge is -2.21. The second-order valence-corrected chi connectivity index (χ2v) is 6.68. The third kappa shape index (κ3) is 6.59. The third-order valence-corrected chi connectivity index (χ3v) is 4.05. The molecule has 0 saturated carbocycles. The Labute approximate surface area is 172 Å². The van der Waals surface area contributed by atoms with Crippen LogP contribution >= 0.6 is 0 Å². The molecule has 1 atom stereocenters. The molecule has 0 spiro atoms. The van der Waals surface area contributed by atoms with E-state index in [2.05, 4.69) is 16.2 Å². The molecular formula is C20H22N4O6. The van der Waals surface area contributed by atoms with Crippen LogP contribution in [-0.4, -0.2) is 28.9 Å². The molecule has 0 bridgehead atoms. The van der Waals surface area contributed by atoms with E-state index in [1.807, 2.05) is 18.2 Å². The van der Waals surface area contributed by atoms with E-state index in [-0.39, 0.29) is 23.8 Å². The number of carbonyl (C=O) groups is 3. The fourth-order valence-electron chi connectivity index (χ4n) is 2.46. The smallest absolute Gasteiger partial charge is 0.408 e. The molecule has 0 fully saturated rings. The van der Waals surface area contributed by atoms with Gasteiger partial charge in [0.05, 0.1) is 4.92 Å². The van der Waals surface area contributed by atoms with Gasteiger partial charge in [0.2, 0.25) is 0 Å². The molecule has 30 heavy (non-hydrogen) atoms. The third-order valence-electron chi connectivity index (χ3n) is 4.05. The lowest BCUT2D eigenvalue weighted by Crippen LogP contribution is -2.54. The number of hydrogen-bond donors (Lipinski definition) is 3. The highest BCUT2D eigenvalue weighted by molar-refractivity contribution is 5.96. The van der Waals surface area contributed by atoms with E-state index >= 15 is 0 Å². The summed E-state index contributed by atoms with van der Waals surface area (Å²) in [6, 6.07) is 13.1. The average molecular weight is 414 g/mol. The lowest BCUT2D eigenvalue weighted by atomic mass is 10.0. The standard InChI is InChI=1S/C20H22N4O6/c1-13(2)17(21-20(27)30-12-14-7-4-3-5-8-14)19(26)23-22-18(25)15-9-6-10-16(11-15)24(28)29/h3-11,13,17H,12H2,1-2H3,(H,21,27)(H,22,25)(H,23,26)/t17-/m0/s1. The predicted molar refractivity (Wildman–Crippen MR) is 107 cm³/mol. The Bertz CT molecular complexity index is 917. The summed E-state index contributed by atoms with van der Waals surface area (Å²) in [5.74, 6) is -1.70. The van der Waals surface area contributed by atoms with Crippen molar-refractivity contribution in [2.45, 2.75) is 26.5 Å². The summed E-state index contributed by atoms with van der Waals surface area (Å²) in [5.41, 5.74) is 4.93. The highest BCUT2D eigenvalue weighted by atomic mass is 16.6. The topological polar surface area (TPSA) is 140 Å². The van der Waals surface area contributed by atoms with Gasteiger partial charge < -0.3 is 10.1 Å². The number of non-ortho nitro benzene ring substituents is 1. The van der Waals surface area contributed by atoms with Gasteiger partial charge in [-0.25, -0.2) is 4.79 Å². The van der Waals surface area contributed by atoms with Crippen molar-refractivity contribution in [3.05, 3.63) is 75.8 Å². The Morgan fingerprint density at radius 2 is 1.73 bits per heavy atom. The van der Waals surface area contributed by atoms with Crippen molar-refractivity contribution >= 4 is 23.6 Å². The van der Waals surface area contributed by atoms with Crippen LogP contribution in [-0.2, 0) is 16.1 Å². The van der Waals surface area contributed by atoms with Crippen LogP contribution in [0.3, 0.4) is 0 Å². The highest BCUT2D eigenvalue weighted by Gasteiger charge is 2.25. The summed E-state index contributed by atoms with van der Waals surface area (Å²) >= 11 is 0. The monoisotopic (exact) mass is 414 g/mol. The largest absolute Gasteiger partial charge is 0.445 e. The number of alkyl carbamates (subject to hydrolysis) is 1. The number of benzene rings is 2. The van der Waals surface area contributed by atoms with Gasteiger partial charge in [-0.1, -0.05) is 50.2 Å². The number of nitrogens with zero attached hydrogens (tertiary/aromatic N) is 1. The first-order chi connectivity index (χ1) is 14.3. The van der Waals surface area contributed by atoms with Gasteiger partial charge in [-0.2, -0.15) is 0 Å². The van der Waals surface area contributed by atoms with E-state index in [4.69, 9.17) is 4.74 Å². The van der Waals surface area contributed by atoms with Gasteiger partial charge in [-0.3, -0.25) is 30.6 Å². The van der Waals surface area contributed by atoms with Gasteiger partial charge in [-0.05, 0) is 17.5 Å². The van der Waals surface area contributed by atoms with E-state index < -0.39 is 28.9 Å². The molecule has 0 heterocycles. The van der Waals surface area contributed by atoms with Crippen LogP contribution in [0.5, 0.6) is 0 Å². The molecule has 2 aromatic carbocycles. The number of ether oxygens (including phenoxy) is 1. The maximum absolute atomic E-state index is 12.4. The van der Waals surface area contributed by atoms with Crippen molar-refractivity contribution in [1.82, 2.24) is 16.2 Å². The Balaban J connectivity index is 1.90. The maximum atomic E-state index is 12.4. The van der Waals surface area contributed by atoms with Crippen LogP contribution < -0.4 is 16.2 Å². The molecule has 2 aromatic rings. The van der Waals surface area contributed by atoms with Crippen LogP contribution in [0.15, 0.2) is 54.6 Å². The van der Waals surface area contributed by atoms with Gasteiger partial charge in [-0.15, -0.1) is 0 Å². The van der Waals surface area contributed by atoms with Crippen LogP contribution in [0.1, 0.15) is 29.8 Å². The molecule has 0 radical (unpaired) electrons. The minimum absolute atomic E-state index is 0.000766. The number of rotatable bonds is 7.